The Morgan fingerprint density at radius 3 is 2.15 bits per heavy atom. The van der Waals surface area contributed by atoms with Gasteiger partial charge >= 0.3 is 0 Å². The van der Waals surface area contributed by atoms with Gasteiger partial charge in [0.2, 0.25) is 5.78 Å². The summed E-state index contributed by atoms with van der Waals surface area (Å²) in [6.45, 7) is 13.0. The highest BCUT2D eigenvalue weighted by atomic mass is 16.5. The number of phenolic OH excluding ortho intramolecular Hbond substituents is 5. The number of carbonyl (C=O) groups is 3. The number of fused-ring (bicyclic) bond motifs is 4. The summed E-state index contributed by atoms with van der Waals surface area (Å²) in [6.07, 6.45) is 7.17. The van der Waals surface area contributed by atoms with Crippen LogP contribution in [0.3, 0.4) is 0 Å². The maximum atomic E-state index is 14.5. The smallest absolute Gasteiger partial charge is 0.201 e. The van der Waals surface area contributed by atoms with Crippen LogP contribution in [0.2, 0.25) is 0 Å². The van der Waals surface area contributed by atoms with E-state index in [-0.39, 0.29) is 74.2 Å². The van der Waals surface area contributed by atoms with E-state index in [1.54, 1.807) is 25.1 Å². The molecule has 0 aliphatic heterocycles. The van der Waals surface area contributed by atoms with Gasteiger partial charge in [0.05, 0.1) is 27.7 Å². The first kappa shape index (κ1) is 38.8. The minimum absolute atomic E-state index is 0.00677. The highest BCUT2D eigenvalue weighted by Gasteiger charge is 2.49. The van der Waals surface area contributed by atoms with Crippen molar-refractivity contribution >= 4 is 28.1 Å². The number of rotatable bonds is 9. The minimum atomic E-state index is -1.88. The fourth-order valence-electron chi connectivity index (χ4n) is 7.91. The van der Waals surface area contributed by atoms with Crippen molar-refractivity contribution in [3.05, 3.63) is 115 Å². The van der Waals surface area contributed by atoms with Crippen molar-refractivity contribution in [3.8, 4) is 34.5 Å². The second-order valence-electron chi connectivity index (χ2n) is 15.5. The molecule has 0 spiro atoms. The topological polar surface area (TPSA) is 182 Å². The first-order valence-corrected chi connectivity index (χ1v) is 18.2. The lowest BCUT2D eigenvalue weighted by Gasteiger charge is -2.41. The predicted molar refractivity (Wildman–Crippen MR) is 209 cm³/mol. The fourth-order valence-corrected chi connectivity index (χ4v) is 7.91. The number of aryl methyl sites for hydroxylation is 1. The van der Waals surface area contributed by atoms with Crippen LogP contribution < -0.4 is 4.74 Å². The van der Waals surface area contributed by atoms with Gasteiger partial charge in [-0.05, 0) is 120 Å². The number of ketones is 3. The van der Waals surface area contributed by atoms with E-state index < -0.39 is 63.9 Å². The summed E-state index contributed by atoms with van der Waals surface area (Å²) in [6, 6.07) is 6.89. The Labute approximate surface area is 319 Å². The second kappa shape index (κ2) is 14.4. The van der Waals surface area contributed by atoms with Crippen molar-refractivity contribution in [1.29, 1.82) is 0 Å². The normalized spacial score (nSPS) is 17.8. The molecular weight excluding hydrogens is 700 g/mol. The van der Waals surface area contributed by atoms with Crippen LogP contribution in [0.1, 0.15) is 131 Å². The Hall–Kier alpha value is -5.87. The van der Waals surface area contributed by atoms with Crippen molar-refractivity contribution in [1.82, 2.24) is 0 Å². The maximum absolute atomic E-state index is 14.5. The number of aromatic hydroxyl groups is 5. The Morgan fingerprint density at radius 1 is 0.782 bits per heavy atom. The predicted octanol–water partition coefficient (Wildman–Crippen LogP) is 8.50. The van der Waals surface area contributed by atoms with Gasteiger partial charge in [-0.25, -0.2) is 0 Å². The molecule has 286 valence electrons. The van der Waals surface area contributed by atoms with Gasteiger partial charge in [-0.1, -0.05) is 28.9 Å². The minimum Gasteiger partial charge on any atom is -0.507 e. The number of carbonyl (C=O) groups excluding carboxylic acids is 3. The first-order chi connectivity index (χ1) is 25.8. The SMILES string of the molecule is CC(C)=CCC/C(C)=C/COc1cc(O)c2c(O)c3c(cc2c1)C(c1c(C)cc(O)c2c1C(=O)c1cc(O)c(CC=C(C)C)c(O)c1C2=O)C(C)(O)CC3=O. The Kier molecular flexibility index (Phi) is 10.2. The summed E-state index contributed by atoms with van der Waals surface area (Å²) in [4.78, 5) is 42.5. The molecule has 0 bridgehead atoms. The molecule has 0 amide bonds. The van der Waals surface area contributed by atoms with Gasteiger partial charge < -0.3 is 35.4 Å². The van der Waals surface area contributed by atoms with Crippen LogP contribution in [0, 0.1) is 6.92 Å². The van der Waals surface area contributed by atoms with Crippen LogP contribution in [-0.4, -0.2) is 60.2 Å². The largest absolute Gasteiger partial charge is 0.507 e. The maximum Gasteiger partial charge on any atom is 0.201 e. The summed E-state index contributed by atoms with van der Waals surface area (Å²) in [5.74, 6) is -5.58. The number of allylic oxidation sites excluding steroid dienone is 5. The quantitative estimate of drug-likeness (QED) is 0.0800. The van der Waals surface area contributed by atoms with E-state index in [0.29, 0.717) is 5.56 Å². The summed E-state index contributed by atoms with van der Waals surface area (Å²) in [7, 11) is 0. The number of hydrogen-bond donors (Lipinski definition) is 6. The Morgan fingerprint density at radius 2 is 1.47 bits per heavy atom. The van der Waals surface area contributed by atoms with Crippen molar-refractivity contribution in [2.24, 2.45) is 0 Å². The van der Waals surface area contributed by atoms with E-state index in [1.165, 1.54) is 24.6 Å². The van der Waals surface area contributed by atoms with Crippen molar-refractivity contribution in [2.75, 3.05) is 6.61 Å². The number of hydrogen-bond acceptors (Lipinski definition) is 10. The van der Waals surface area contributed by atoms with Crippen LogP contribution in [-0.2, 0) is 6.42 Å². The third-order valence-corrected chi connectivity index (χ3v) is 10.6. The first-order valence-electron chi connectivity index (χ1n) is 18.2. The molecule has 2 unspecified atom stereocenters. The monoisotopic (exact) mass is 746 g/mol. The van der Waals surface area contributed by atoms with Crippen LogP contribution in [0.5, 0.6) is 34.5 Å². The molecule has 0 saturated heterocycles. The number of benzene rings is 4. The lowest BCUT2D eigenvalue weighted by molar-refractivity contribution is 0.0272. The molecule has 0 aromatic heterocycles. The summed E-state index contributed by atoms with van der Waals surface area (Å²) in [5, 5.41) is 68.6. The van der Waals surface area contributed by atoms with Crippen LogP contribution in [0.4, 0.5) is 0 Å². The zero-order chi connectivity index (χ0) is 40.3. The molecular formula is C45H46O10. The van der Waals surface area contributed by atoms with Gasteiger partial charge in [0.25, 0.3) is 0 Å². The van der Waals surface area contributed by atoms with Gasteiger partial charge in [0, 0.05) is 35.1 Å². The number of phenols is 5. The summed E-state index contributed by atoms with van der Waals surface area (Å²) >= 11 is 0. The van der Waals surface area contributed by atoms with Crippen LogP contribution in [0.25, 0.3) is 10.8 Å². The van der Waals surface area contributed by atoms with Crippen LogP contribution >= 0.6 is 0 Å². The number of ether oxygens (including phenoxy) is 1. The van der Waals surface area contributed by atoms with Gasteiger partial charge in [-0.2, -0.15) is 0 Å². The second-order valence-corrected chi connectivity index (χ2v) is 15.5. The molecule has 6 N–H and O–H groups in total. The van der Waals surface area contributed by atoms with Gasteiger partial charge in [-0.3, -0.25) is 14.4 Å². The molecule has 6 rings (SSSR count). The molecule has 10 heteroatoms. The summed E-state index contributed by atoms with van der Waals surface area (Å²) < 4.78 is 5.97. The lowest BCUT2D eigenvalue weighted by Crippen LogP contribution is -2.42. The molecule has 4 aromatic rings. The standard InChI is InChI=1S/C45H46O10/c1-21(2)9-8-10-23(5)13-14-55-26-16-25-17-28-36(43(52)35(25)32(48)18-26)33(49)20-45(7,54)40(28)34-24(6)15-31(47)38-39(34)42(51)29-19-30(46)27(12-11-22(3)4)41(50)37(29)44(38)53/h9,11,13,15-19,40,46-48,50,52,54H,8,10,12,14,20H2,1-7H3/b23-13+. The van der Waals surface area contributed by atoms with Gasteiger partial charge in [0.15, 0.2) is 11.6 Å². The average Bonchev–Trinajstić information content (AvgIpc) is 3.06. The molecule has 0 fully saturated rings. The highest BCUT2D eigenvalue weighted by Crippen LogP contribution is 2.53. The Balaban J connectivity index is 1.52. The van der Waals surface area contributed by atoms with Gasteiger partial charge in [0.1, 0.15) is 41.1 Å². The van der Waals surface area contributed by atoms with Crippen molar-refractivity contribution in [3.63, 3.8) is 0 Å². The highest BCUT2D eigenvalue weighted by molar-refractivity contribution is 6.31. The van der Waals surface area contributed by atoms with Crippen molar-refractivity contribution in [2.45, 2.75) is 85.7 Å². The van der Waals surface area contributed by atoms with E-state index in [9.17, 15) is 45.0 Å². The summed E-state index contributed by atoms with van der Waals surface area (Å²) in [5.41, 5.74) is 0.467. The van der Waals surface area contributed by atoms with Crippen LogP contribution in [0.15, 0.2) is 65.3 Å². The Bertz CT molecular complexity index is 2420. The number of Topliss-reactive ketones (excluding diaryl/α,β-unsaturated/α-hetero) is 1. The van der Waals surface area contributed by atoms with E-state index in [2.05, 4.69) is 6.08 Å². The van der Waals surface area contributed by atoms with Crippen molar-refractivity contribution < 1.29 is 49.8 Å². The molecule has 0 heterocycles. The van der Waals surface area contributed by atoms with E-state index in [0.717, 1.165) is 30.1 Å². The van der Waals surface area contributed by atoms with E-state index >= 15 is 0 Å². The molecule has 0 radical (unpaired) electrons. The molecule has 10 nitrogen and oxygen atoms in total. The number of aliphatic hydroxyl groups is 1. The van der Waals surface area contributed by atoms with Gasteiger partial charge in [-0.15, -0.1) is 0 Å². The zero-order valence-electron chi connectivity index (χ0n) is 32.0. The fraction of sp³-hybridized carbons (Fsp3) is 0.311. The third-order valence-electron chi connectivity index (χ3n) is 10.6. The molecule has 0 saturated carbocycles. The molecule has 4 aromatic carbocycles. The average molecular weight is 747 g/mol. The third kappa shape index (κ3) is 6.87. The van der Waals surface area contributed by atoms with E-state index in [4.69, 9.17) is 4.74 Å². The molecule has 2 aliphatic rings. The zero-order valence-corrected chi connectivity index (χ0v) is 32.0. The molecule has 55 heavy (non-hydrogen) atoms. The van der Waals surface area contributed by atoms with E-state index in [1.807, 2.05) is 40.7 Å². The lowest BCUT2D eigenvalue weighted by atomic mass is 9.65. The molecule has 2 aliphatic carbocycles. The molecule has 2 atom stereocenters.